The molecular formula is C35H32F4N4O4. The van der Waals surface area contributed by atoms with Crippen LogP contribution in [0.2, 0.25) is 0 Å². The number of fused-ring (bicyclic) bond motifs is 3. The van der Waals surface area contributed by atoms with Crippen molar-refractivity contribution in [1.82, 2.24) is 14.9 Å². The van der Waals surface area contributed by atoms with Crippen LogP contribution < -0.4 is 9.64 Å². The first-order chi connectivity index (χ1) is 22.4. The Balaban J connectivity index is 1.42. The lowest BCUT2D eigenvalue weighted by Crippen LogP contribution is -2.46. The van der Waals surface area contributed by atoms with Crippen molar-refractivity contribution in [3.05, 3.63) is 53.3 Å². The molecular weight excluding hydrogens is 616 g/mol. The van der Waals surface area contributed by atoms with Crippen molar-refractivity contribution >= 4 is 33.5 Å². The first-order valence-electron chi connectivity index (χ1n) is 15.6. The number of aromatic hydroxyl groups is 1. The van der Waals surface area contributed by atoms with E-state index in [0.717, 1.165) is 31.2 Å². The van der Waals surface area contributed by atoms with Gasteiger partial charge in [0, 0.05) is 42.4 Å². The van der Waals surface area contributed by atoms with Crippen LogP contribution >= 0.6 is 0 Å². The van der Waals surface area contributed by atoms with Crippen molar-refractivity contribution in [2.45, 2.75) is 50.7 Å². The number of aliphatic carboxylic acids is 1. The number of piperidine rings is 1. The second-order valence-electron chi connectivity index (χ2n) is 13.2. The van der Waals surface area contributed by atoms with E-state index in [9.17, 15) is 23.8 Å². The molecule has 7 rings (SSSR count). The van der Waals surface area contributed by atoms with Gasteiger partial charge in [-0.3, -0.25) is 9.69 Å². The summed E-state index contributed by atoms with van der Waals surface area (Å²) in [5.41, 5.74) is -3.03. The Bertz CT molecular complexity index is 2000. The fraction of sp³-hybridized carbons (Fsp3) is 0.400. The van der Waals surface area contributed by atoms with E-state index < -0.39 is 46.1 Å². The third-order valence-corrected chi connectivity index (χ3v) is 10.1. The Morgan fingerprint density at radius 1 is 1.13 bits per heavy atom. The van der Waals surface area contributed by atoms with Crippen LogP contribution in [0.3, 0.4) is 0 Å². The minimum Gasteiger partial charge on any atom is -0.508 e. The monoisotopic (exact) mass is 648 g/mol. The van der Waals surface area contributed by atoms with Crippen LogP contribution in [-0.4, -0.2) is 75.5 Å². The standard InChI is InChI=1S/C35H32F4N4O4/c1-3-22-25(37)7-6-19-12-21(44)13-23(27(19)22)28-26(38)14-24-30(29(28)39)40-33(47-18-35-9-5-11-43(35)16-20(36)15-35)41-31(24)42-10-4-8-34(2,17-42)32(45)46/h1,6-7,12-14,20,44H,4-5,8-11,15-18H2,2H3,(H,45,46)/t20-,34?,35+/m1/s1. The highest BCUT2D eigenvalue weighted by Crippen LogP contribution is 2.44. The summed E-state index contributed by atoms with van der Waals surface area (Å²) in [6, 6.07) is 5.71. The number of carboxylic acid groups (broad SMARTS) is 1. The van der Waals surface area contributed by atoms with Gasteiger partial charge in [0.05, 0.1) is 22.1 Å². The molecule has 3 fully saturated rings. The number of rotatable bonds is 6. The first kappa shape index (κ1) is 31.0. The van der Waals surface area contributed by atoms with Crippen LogP contribution in [0.1, 0.15) is 44.6 Å². The molecule has 0 saturated carbocycles. The Labute approximate surface area is 268 Å². The summed E-state index contributed by atoms with van der Waals surface area (Å²) in [5.74, 6) is -1.94. The van der Waals surface area contributed by atoms with Gasteiger partial charge in [0.15, 0.2) is 5.82 Å². The lowest BCUT2D eigenvalue weighted by molar-refractivity contribution is -0.148. The molecule has 0 aliphatic carbocycles. The minimum atomic E-state index is -1.15. The lowest BCUT2D eigenvalue weighted by atomic mass is 9.82. The molecule has 1 aromatic heterocycles. The molecule has 3 atom stereocenters. The van der Waals surface area contributed by atoms with Gasteiger partial charge >= 0.3 is 12.0 Å². The molecule has 3 aliphatic rings. The van der Waals surface area contributed by atoms with Crippen molar-refractivity contribution in [2.24, 2.45) is 5.41 Å². The summed E-state index contributed by atoms with van der Waals surface area (Å²) in [4.78, 5) is 24.8. The number of hydrogen-bond acceptors (Lipinski definition) is 7. The average molecular weight is 649 g/mol. The molecule has 0 radical (unpaired) electrons. The van der Waals surface area contributed by atoms with E-state index in [1.54, 1.807) is 11.8 Å². The minimum absolute atomic E-state index is 0.0160. The maximum atomic E-state index is 16.8. The summed E-state index contributed by atoms with van der Waals surface area (Å²) >= 11 is 0. The Kier molecular flexibility index (Phi) is 7.43. The third kappa shape index (κ3) is 5.08. The average Bonchev–Trinajstić information content (AvgIpc) is 3.55. The van der Waals surface area contributed by atoms with Gasteiger partial charge in [-0.05, 0) is 68.8 Å². The molecule has 4 heterocycles. The van der Waals surface area contributed by atoms with E-state index in [4.69, 9.17) is 11.2 Å². The second-order valence-corrected chi connectivity index (χ2v) is 13.2. The van der Waals surface area contributed by atoms with Gasteiger partial charge in [-0.2, -0.15) is 9.97 Å². The summed E-state index contributed by atoms with van der Waals surface area (Å²) in [6.07, 6.45) is 7.35. The lowest BCUT2D eigenvalue weighted by Gasteiger charge is -2.38. The zero-order valence-electron chi connectivity index (χ0n) is 25.6. The molecule has 8 nitrogen and oxygen atoms in total. The number of halogens is 4. The highest BCUT2D eigenvalue weighted by atomic mass is 19.1. The number of aromatic nitrogens is 2. The molecule has 3 aromatic carbocycles. The smallest absolute Gasteiger partial charge is 0.319 e. The first-order valence-corrected chi connectivity index (χ1v) is 15.6. The van der Waals surface area contributed by atoms with E-state index in [1.165, 1.54) is 12.1 Å². The van der Waals surface area contributed by atoms with Crippen LogP contribution in [0.15, 0.2) is 30.3 Å². The van der Waals surface area contributed by atoms with Crippen LogP contribution in [-0.2, 0) is 4.79 Å². The number of ether oxygens (including phenoxy) is 1. The quantitative estimate of drug-likeness (QED) is 0.189. The summed E-state index contributed by atoms with van der Waals surface area (Å²) < 4.78 is 68.5. The zero-order chi connectivity index (χ0) is 33.2. The maximum Gasteiger partial charge on any atom is 0.319 e. The Morgan fingerprint density at radius 3 is 2.68 bits per heavy atom. The summed E-state index contributed by atoms with van der Waals surface area (Å²) in [6.45, 7) is 3.06. The predicted octanol–water partition coefficient (Wildman–Crippen LogP) is 6.20. The second kappa shape index (κ2) is 11.3. The van der Waals surface area contributed by atoms with Crippen molar-refractivity contribution in [2.75, 3.05) is 37.7 Å². The van der Waals surface area contributed by atoms with E-state index in [1.807, 2.05) is 4.90 Å². The van der Waals surface area contributed by atoms with Gasteiger partial charge in [-0.25, -0.2) is 17.6 Å². The molecule has 244 valence electrons. The van der Waals surface area contributed by atoms with Gasteiger partial charge in [-0.15, -0.1) is 6.42 Å². The Hall–Kier alpha value is -4.63. The number of alkyl halides is 1. The van der Waals surface area contributed by atoms with Crippen LogP contribution in [0.4, 0.5) is 23.4 Å². The molecule has 2 N–H and O–H groups in total. The van der Waals surface area contributed by atoms with Crippen LogP contribution in [0.5, 0.6) is 11.8 Å². The van der Waals surface area contributed by atoms with Gasteiger partial charge in [0.2, 0.25) is 0 Å². The van der Waals surface area contributed by atoms with Crippen molar-refractivity contribution in [3.8, 4) is 35.2 Å². The zero-order valence-corrected chi connectivity index (χ0v) is 25.6. The molecule has 1 unspecified atom stereocenters. The molecule has 12 heteroatoms. The van der Waals surface area contributed by atoms with Gasteiger partial charge in [0.1, 0.15) is 41.5 Å². The van der Waals surface area contributed by atoms with Crippen LogP contribution in [0.25, 0.3) is 32.8 Å². The van der Waals surface area contributed by atoms with Crippen molar-refractivity contribution < 1.29 is 37.3 Å². The topological polar surface area (TPSA) is 99.0 Å². The van der Waals surface area contributed by atoms with E-state index in [-0.39, 0.29) is 70.0 Å². The Morgan fingerprint density at radius 2 is 1.91 bits per heavy atom. The van der Waals surface area contributed by atoms with Crippen molar-refractivity contribution in [3.63, 3.8) is 0 Å². The number of anilines is 1. The number of terminal acetylenes is 1. The number of phenols is 1. The molecule has 3 saturated heterocycles. The highest BCUT2D eigenvalue weighted by Gasteiger charge is 2.49. The fourth-order valence-electron chi connectivity index (χ4n) is 7.72. The summed E-state index contributed by atoms with van der Waals surface area (Å²) in [7, 11) is 0. The number of hydrogen-bond donors (Lipinski definition) is 2. The maximum absolute atomic E-state index is 16.8. The number of carboxylic acids is 1. The predicted molar refractivity (Wildman–Crippen MR) is 168 cm³/mol. The van der Waals surface area contributed by atoms with Gasteiger partial charge < -0.3 is 19.8 Å². The molecule has 0 bridgehead atoms. The molecule has 47 heavy (non-hydrogen) atoms. The number of nitrogens with zero attached hydrogens (tertiary/aromatic N) is 4. The molecule has 3 aliphatic heterocycles. The molecule has 0 spiro atoms. The number of benzene rings is 3. The molecule has 4 aromatic rings. The largest absolute Gasteiger partial charge is 0.508 e. The van der Waals surface area contributed by atoms with E-state index >= 15 is 8.78 Å². The summed E-state index contributed by atoms with van der Waals surface area (Å²) in [5, 5.41) is 20.7. The van der Waals surface area contributed by atoms with Gasteiger partial charge in [-0.1, -0.05) is 12.0 Å². The third-order valence-electron chi connectivity index (χ3n) is 10.1. The van der Waals surface area contributed by atoms with Crippen LogP contribution in [0, 0.1) is 35.2 Å². The van der Waals surface area contributed by atoms with E-state index in [0.29, 0.717) is 32.4 Å². The highest BCUT2D eigenvalue weighted by molar-refractivity contribution is 6.04. The fourth-order valence-corrected chi connectivity index (χ4v) is 7.72. The van der Waals surface area contributed by atoms with Crippen molar-refractivity contribution in [1.29, 1.82) is 0 Å². The van der Waals surface area contributed by atoms with E-state index in [2.05, 4.69) is 15.9 Å². The SMILES string of the molecule is C#Cc1c(F)ccc2cc(O)cc(-c3c(F)cc4c(N5CCCC(C)(C(=O)O)C5)nc(OC[C@@]56CCCN5C[C@H](F)C6)nc4c3F)c12. The number of phenolic OH excluding ortho intramolecular Hbond substituents is 1. The molecule has 0 amide bonds. The normalized spacial score (nSPS) is 24.5. The number of carbonyl (C=O) groups is 1. The van der Waals surface area contributed by atoms with Gasteiger partial charge in [0.25, 0.3) is 0 Å².